The van der Waals surface area contributed by atoms with Crippen LogP contribution in [0.3, 0.4) is 0 Å². The zero-order chi connectivity index (χ0) is 18.2. The Morgan fingerprint density at radius 3 is 2.67 bits per heavy atom. The highest BCUT2D eigenvalue weighted by atomic mass is 32.1. The second-order valence-corrected chi connectivity index (χ2v) is 7.97. The van der Waals surface area contributed by atoms with Crippen molar-refractivity contribution in [3.05, 3.63) is 66.0 Å². The number of nitrogens with one attached hydrogen (secondary N) is 1. The lowest BCUT2D eigenvalue weighted by atomic mass is 10.1. The molecule has 0 fully saturated rings. The largest absolute Gasteiger partial charge is 0.497 e. The monoisotopic (exact) mass is 389 g/mol. The molecular formula is C21H15N3OS2. The summed E-state index contributed by atoms with van der Waals surface area (Å²) in [5, 5.41) is 9.53. The minimum Gasteiger partial charge on any atom is -0.497 e. The third-order valence-corrected chi connectivity index (χ3v) is 6.05. The lowest BCUT2D eigenvalue weighted by Crippen LogP contribution is -1.88. The van der Waals surface area contributed by atoms with Gasteiger partial charge in [-0.2, -0.15) is 0 Å². The zero-order valence-corrected chi connectivity index (χ0v) is 16.1. The summed E-state index contributed by atoms with van der Waals surface area (Å²) in [5.74, 6) is 0.838. The van der Waals surface area contributed by atoms with Gasteiger partial charge >= 0.3 is 0 Å². The Labute approximate surface area is 164 Å². The Bertz CT molecular complexity index is 1260. The van der Waals surface area contributed by atoms with E-state index in [1.54, 1.807) is 29.8 Å². The zero-order valence-electron chi connectivity index (χ0n) is 14.5. The average Bonchev–Trinajstić information content (AvgIpc) is 3.33. The predicted octanol–water partition coefficient (Wildman–Crippen LogP) is 6.33. The highest BCUT2D eigenvalue weighted by molar-refractivity contribution is 7.22. The molecule has 0 aliphatic carbocycles. The smallest absolute Gasteiger partial charge is 0.190 e. The van der Waals surface area contributed by atoms with Gasteiger partial charge in [0.15, 0.2) is 10.3 Å². The van der Waals surface area contributed by atoms with Crippen LogP contribution in [0.25, 0.3) is 32.2 Å². The summed E-state index contributed by atoms with van der Waals surface area (Å²) in [6, 6.07) is 20.7. The van der Waals surface area contributed by atoms with Crippen molar-refractivity contribution in [1.82, 2.24) is 9.97 Å². The number of fused-ring (bicyclic) bond motifs is 2. The van der Waals surface area contributed by atoms with Gasteiger partial charge in [0, 0.05) is 10.9 Å². The summed E-state index contributed by atoms with van der Waals surface area (Å²) < 4.78 is 6.37. The number of ether oxygens (including phenoxy) is 1. The predicted molar refractivity (Wildman–Crippen MR) is 115 cm³/mol. The second kappa shape index (κ2) is 6.64. The molecule has 0 saturated carbocycles. The Morgan fingerprint density at radius 1 is 0.889 bits per heavy atom. The Balaban J connectivity index is 1.43. The Kier molecular flexibility index (Phi) is 3.99. The summed E-state index contributed by atoms with van der Waals surface area (Å²) >= 11 is 3.17. The highest BCUT2D eigenvalue weighted by Gasteiger charge is 2.09. The molecular weight excluding hydrogens is 374 g/mol. The molecule has 5 rings (SSSR count). The van der Waals surface area contributed by atoms with Crippen LogP contribution >= 0.6 is 22.7 Å². The average molecular weight is 390 g/mol. The van der Waals surface area contributed by atoms with Gasteiger partial charge in [0.2, 0.25) is 0 Å². The van der Waals surface area contributed by atoms with Gasteiger partial charge in [-0.1, -0.05) is 47.7 Å². The van der Waals surface area contributed by atoms with Crippen molar-refractivity contribution in [2.45, 2.75) is 0 Å². The number of rotatable bonds is 4. The van der Waals surface area contributed by atoms with E-state index in [1.807, 2.05) is 18.2 Å². The van der Waals surface area contributed by atoms with Crippen molar-refractivity contribution in [3.63, 3.8) is 0 Å². The SMILES string of the molecule is COc1ccc2nc(Nc3nc(-c4ccc5ccccc5c4)cs3)sc2c1. The fourth-order valence-electron chi connectivity index (χ4n) is 2.99. The van der Waals surface area contributed by atoms with Crippen molar-refractivity contribution < 1.29 is 4.74 Å². The number of anilines is 2. The van der Waals surface area contributed by atoms with Crippen LogP contribution in [0.4, 0.5) is 10.3 Å². The number of aromatic nitrogens is 2. The number of nitrogens with zero attached hydrogens (tertiary/aromatic N) is 2. The molecule has 6 heteroatoms. The van der Waals surface area contributed by atoms with Crippen LogP contribution in [-0.2, 0) is 0 Å². The first kappa shape index (κ1) is 16.2. The molecule has 1 N–H and O–H groups in total. The summed E-state index contributed by atoms with van der Waals surface area (Å²) in [5.41, 5.74) is 3.04. The number of methoxy groups -OCH3 is 1. The third-order valence-electron chi connectivity index (χ3n) is 4.36. The van der Waals surface area contributed by atoms with Gasteiger partial charge in [-0.3, -0.25) is 0 Å². The summed E-state index contributed by atoms with van der Waals surface area (Å²) in [7, 11) is 1.67. The molecule has 0 amide bonds. The third kappa shape index (κ3) is 3.13. The van der Waals surface area contributed by atoms with Crippen molar-refractivity contribution in [1.29, 1.82) is 0 Å². The molecule has 0 aliphatic rings. The lowest BCUT2D eigenvalue weighted by molar-refractivity contribution is 0.415. The first-order valence-electron chi connectivity index (χ1n) is 8.45. The second-order valence-electron chi connectivity index (χ2n) is 6.08. The maximum atomic E-state index is 5.28. The Hall–Kier alpha value is -2.96. The van der Waals surface area contributed by atoms with Crippen molar-refractivity contribution in [3.8, 4) is 17.0 Å². The molecule has 0 unspecified atom stereocenters. The molecule has 0 aliphatic heterocycles. The molecule has 4 nitrogen and oxygen atoms in total. The minimum absolute atomic E-state index is 0.831. The minimum atomic E-state index is 0.831. The summed E-state index contributed by atoms with van der Waals surface area (Å²) in [6.45, 7) is 0. The van der Waals surface area contributed by atoms with E-state index in [1.165, 1.54) is 10.8 Å². The van der Waals surface area contributed by atoms with Crippen LogP contribution in [0.15, 0.2) is 66.0 Å². The van der Waals surface area contributed by atoms with Crippen LogP contribution in [0.2, 0.25) is 0 Å². The molecule has 27 heavy (non-hydrogen) atoms. The molecule has 0 spiro atoms. The van der Waals surface area contributed by atoms with E-state index in [0.29, 0.717) is 0 Å². The first-order valence-corrected chi connectivity index (χ1v) is 10.1. The molecule has 132 valence electrons. The van der Waals surface area contributed by atoms with E-state index in [-0.39, 0.29) is 0 Å². The van der Waals surface area contributed by atoms with Crippen LogP contribution in [-0.4, -0.2) is 17.1 Å². The standard InChI is InChI=1S/C21H15N3OS2/c1-25-16-8-9-17-19(11-16)27-21(22-17)24-20-23-18(12-26-20)15-7-6-13-4-2-3-5-14(13)10-15/h2-12H,1H3,(H,22,23,24). The fourth-order valence-corrected chi connectivity index (χ4v) is 4.67. The van der Waals surface area contributed by atoms with E-state index in [9.17, 15) is 0 Å². The maximum absolute atomic E-state index is 5.28. The first-order chi connectivity index (χ1) is 13.3. The molecule has 3 aromatic carbocycles. The normalized spacial score (nSPS) is 11.1. The molecule has 0 saturated heterocycles. The van der Waals surface area contributed by atoms with Crippen LogP contribution in [0.5, 0.6) is 5.75 Å². The fraction of sp³-hybridized carbons (Fsp3) is 0.0476. The molecule has 0 atom stereocenters. The van der Waals surface area contributed by atoms with Gasteiger partial charge in [-0.25, -0.2) is 9.97 Å². The van der Waals surface area contributed by atoms with Crippen LogP contribution in [0, 0.1) is 0 Å². The topological polar surface area (TPSA) is 47.0 Å². The van der Waals surface area contributed by atoms with E-state index in [4.69, 9.17) is 9.72 Å². The lowest BCUT2D eigenvalue weighted by Gasteiger charge is -2.01. The van der Waals surface area contributed by atoms with Crippen LogP contribution < -0.4 is 10.1 Å². The molecule has 5 aromatic rings. The van der Waals surface area contributed by atoms with Crippen molar-refractivity contribution in [2.75, 3.05) is 12.4 Å². The van der Waals surface area contributed by atoms with E-state index >= 15 is 0 Å². The van der Waals surface area contributed by atoms with E-state index < -0.39 is 0 Å². The van der Waals surface area contributed by atoms with Gasteiger partial charge in [-0.05, 0) is 35.0 Å². The molecule has 0 bridgehead atoms. The quantitative estimate of drug-likeness (QED) is 0.390. The number of benzene rings is 3. The van der Waals surface area contributed by atoms with Gasteiger partial charge in [0.05, 0.1) is 23.0 Å². The molecule has 2 aromatic heterocycles. The van der Waals surface area contributed by atoms with Gasteiger partial charge in [0.1, 0.15) is 5.75 Å². The van der Waals surface area contributed by atoms with E-state index in [2.05, 4.69) is 58.1 Å². The van der Waals surface area contributed by atoms with Gasteiger partial charge in [0.25, 0.3) is 0 Å². The van der Waals surface area contributed by atoms with Crippen molar-refractivity contribution >= 4 is 53.9 Å². The Morgan fingerprint density at radius 2 is 1.78 bits per heavy atom. The highest BCUT2D eigenvalue weighted by Crippen LogP contribution is 2.33. The van der Waals surface area contributed by atoms with Crippen LogP contribution in [0.1, 0.15) is 0 Å². The van der Waals surface area contributed by atoms with Gasteiger partial charge < -0.3 is 10.1 Å². The summed E-state index contributed by atoms with van der Waals surface area (Å²) in [6.07, 6.45) is 0. The van der Waals surface area contributed by atoms with Gasteiger partial charge in [-0.15, -0.1) is 11.3 Å². The van der Waals surface area contributed by atoms with Crippen molar-refractivity contribution in [2.24, 2.45) is 0 Å². The summed E-state index contributed by atoms with van der Waals surface area (Å²) in [4.78, 5) is 9.36. The maximum Gasteiger partial charge on any atom is 0.190 e. The number of thiazole rings is 2. The number of hydrogen-bond acceptors (Lipinski definition) is 6. The molecule has 2 heterocycles. The van der Waals surface area contributed by atoms with E-state index in [0.717, 1.165) is 37.5 Å². The molecule has 0 radical (unpaired) electrons. The number of hydrogen-bond donors (Lipinski definition) is 1.